The Morgan fingerprint density at radius 2 is 1.63 bits per heavy atom. The van der Waals surface area contributed by atoms with E-state index in [0.29, 0.717) is 0 Å². The number of hydrogen-bond donors (Lipinski definition) is 1. The minimum atomic E-state index is -0.386. The summed E-state index contributed by atoms with van der Waals surface area (Å²) in [5, 5.41) is 23.3. The van der Waals surface area contributed by atoms with Crippen LogP contribution < -0.4 is 0 Å². The minimum absolute atomic E-state index is 0.0682. The van der Waals surface area contributed by atoms with Crippen molar-refractivity contribution in [1.82, 2.24) is 0 Å². The van der Waals surface area contributed by atoms with E-state index in [9.17, 15) is 15.2 Å². The second kappa shape index (κ2) is 7.09. The van der Waals surface area contributed by atoms with E-state index in [2.05, 4.69) is 26.0 Å². The van der Waals surface area contributed by atoms with E-state index in [0.717, 1.165) is 27.8 Å². The topological polar surface area (TPSA) is 63.4 Å². The number of non-ortho nitro benzene ring substituents is 1. The third-order valence-electron chi connectivity index (χ3n) is 5.06. The van der Waals surface area contributed by atoms with E-state index in [1.165, 1.54) is 28.3 Å². The van der Waals surface area contributed by atoms with Gasteiger partial charge in [0.15, 0.2) is 0 Å². The molecule has 1 aliphatic rings. The highest BCUT2D eigenvalue weighted by atomic mass is 32.2. The Balaban J connectivity index is 1.74. The number of phenolic OH excluding ortho intramolecular Hbond substituents is 1. The van der Waals surface area contributed by atoms with Gasteiger partial charge in [-0.1, -0.05) is 18.2 Å². The summed E-state index contributed by atoms with van der Waals surface area (Å²) >= 11 is 3.61. The molecule has 1 N–H and O–H groups in total. The predicted molar refractivity (Wildman–Crippen MR) is 114 cm³/mol. The normalized spacial score (nSPS) is 14.7. The number of aryl methyl sites for hydroxylation is 2. The van der Waals surface area contributed by atoms with Crippen LogP contribution in [-0.2, 0) is 11.5 Å². The first kappa shape index (κ1) is 18.2. The van der Waals surface area contributed by atoms with Crippen LogP contribution in [0.1, 0.15) is 32.4 Å². The van der Waals surface area contributed by atoms with Crippen molar-refractivity contribution in [2.24, 2.45) is 0 Å². The quantitative estimate of drug-likeness (QED) is 0.409. The average Bonchev–Trinajstić information content (AvgIpc) is 2.84. The zero-order valence-electron chi connectivity index (χ0n) is 15.1. The molecule has 4 nitrogen and oxygen atoms in total. The van der Waals surface area contributed by atoms with Crippen molar-refractivity contribution >= 4 is 40.0 Å². The van der Waals surface area contributed by atoms with Crippen LogP contribution in [0, 0.1) is 24.0 Å². The van der Waals surface area contributed by atoms with Crippen LogP contribution in [0.5, 0.6) is 5.75 Å². The molecule has 27 heavy (non-hydrogen) atoms. The molecule has 4 rings (SSSR count). The number of aromatic hydroxyl groups is 1. The largest absolute Gasteiger partial charge is 0.508 e. The zero-order chi connectivity index (χ0) is 19.1. The molecule has 0 bridgehead atoms. The van der Waals surface area contributed by atoms with Gasteiger partial charge in [-0.3, -0.25) is 10.1 Å². The van der Waals surface area contributed by atoms with Gasteiger partial charge in [-0.2, -0.15) is 0 Å². The number of nitro groups is 1. The molecule has 1 heterocycles. The first-order chi connectivity index (χ1) is 12.9. The van der Waals surface area contributed by atoms with Gasteiger partial charge in [-0.25, -0.2) is 0 Å². The van der Waals surface area contributed by atoms with E-state index in [1.807, 2.05) is 0 Å². The number of phenols is 1. The first-order valence-electron chi connectivity index (χ1n) is 8.66. The second-order valence-electron chi connectivity index (χ2n) is 6.82. The molecule has 0 amide bonds. The van der Waals surface area contributed by atoms with Crippen molar-refractivity contribution in [1.29, 1.82) is 0 Å². The van der Waals surface area contributed by atoms with Crippen LogP contribution in [-0.4, -0.2) is 10.0 Å². The summed E-state index contributed by atoms with van der Waals surface area (Å²) in [5.41, 5.74) is 6.25. The highest BCUT2D eigenvalue weighted by Gasteiger charge is 2.24. The summed E-state index contributed by atoms with van der Waals surface area (Å²) in [6.45, 7) is 4.28. The summed E-state index contributed by atoms with van der Waals surface area (Å²) in [5.74, 6) is 2.02. The van der Waals surface area contributed by atoms with Gasteiger partial charge in [0.25, 0.3) is 5.69 Å². The van der Waals surface area contributed by atoms with Crippen molar-refractivity contribution in [3.05, 3.63) is 80.4 Å². The summed E-state index contributed by atoms with van der Waals surface area (Å²) in [4.78, 5) is 10.7. The van der Waals surface area contributed by atoms with E-state index in [-0.39, 0.29) is 20.9 Å². The van der Waals surface area contributed by atoms with E-state index < -0.39 is 0 Å². The standard InChI is InChI=1S/C21H19NO3S2/c1-12-7-15-10-26-21(27-11-16(15)8-13(12)2)20-18-5-4-17(22(24)25)9-14(18)3-6-19(20)23/h3-9,21,23H,10-11H2,1-2H3. The molecule has 0 spiro atoms. The lowest BCUT2D eigenvalue weighted by Crippen LogP contribution is -1.94. The van der Waals surface area contributed by atoms with E-state index in [1.54, 1.807) is 47.8 Å². The van der Waals surface area contributed by atoms with Crippen molar-refractivity contribution in [2.75, 3.05) is 0 Å². The lowest BCUT2D eigenvalue weighted by atomic mass is 10.0. The van der Waals surface area contributed by atoms with Gasteiger partial charge < -0.3 is 5.11 Å². The van der Waals surface area contributed by atoms with Crippen LogP contribution in [0.2, 0.25) is 0 Å². The molecule has 0 atom stereocenters. The Bertz CT molecular complexity index is 1030. The molecule has 3 aromatic rings. The maximum absolute atomic E-state index is 11.1. The molecule has 0 unspecified atom stereocenters. The smallest absolute Gasteiger partial charge is 0.270 e. The number of benzene rings is 3. The number of fused-ring (bicyclic) bond motifs is 2. The highest BCUT2D eigenvalue weighted by Crippen LogP contribution is 2.51. The molecule has 0 saturated heterocycles. The minimum Gasteiger partial charge on any atom is -0.508 e. The van der Waals surface area contributed by atoms with Crippen molar-refractivity contribution in [3.63, 3.8) is 0 Å². The second-order valence-corrected chi connectivity index (χ2v) is 9.31. The van der Waals surface area contributed by atoms with E-state index in [4.69, 9.17) is 0 Å². The third kappa shape index (κ3) is 3.39. The van der Waals surface area contributed by atoms with E-state index >= 15 is 0 Å². The maximum Gasteiger partial charge on any atom is 0.270 e. The van der Waals surface area contributed by atoms with Crippen molar-refractivity contribution < 1.29 is 10.0 Å². The van der Waals surface area contributed by atoms with Crippen LogP contribution in [0.3, 0.4) is 0 Å². The molecular formula is C21H19NO3S2. The fourth-order valence-electron chi connectivity index (χ4n) is 3.44. The summed E-state index contributed by atoms with van der Waals surface area (Å²) < 4.78 is 0.0724. The molecular weight excluding hydrogens is 378 g/mol. The highest BCUT2D eigenvalue weighted by molar-refractivity contribution is 8.15. The van der Waals surface area contributed by atoms with Gasteiger partial charge in [-0.05, 0) is 59.0 Å². The van der Waals surface area contributed by atoms with Crippen molar-refractivity contribution in [3.8, 4) is 5.75 Å². The monoisotopic (exact) mass is 397 g/mol. The SMILES string of the molecule is Cc1cc2c(cc1C)CSC(c1c(O)ccc3cc([N+](=O)[O-])ccc13)SC2. The van der Waals surface area contributed by atoms with Crippen LogP contribution >= 0.6 is 23.5 Å². The van der Waals surface area contributed by atoms with Crippen LogP contribution in [0.25, 0.3) is 10.8 Å². The maximum atomic E-state index is 11.1. The van der Waals surface area contributed by atoms with Crippen molar-refractivity contribution in [2.45, 2.75) is 29.9 Å². The number of nitrogens with zero attached hydrogens (tertiary/aromatic N) is 1. The molecule has 138 valence electrons. The molecule has 6 heteroatoms. The molecule has 0 fully saturated rings. The molecule has 0 radical (unpaired) electrons. The van der Waals surface area contributed by atoms with Gasteiger partial charge in [0, 0.05) is 29.2 Å². The van der Waals surface area contributed by atoms with Crippen LogP contribution in [0.4, 0.5) is 5.69 Å². The summed E-state index contributed by atoms with van der Waals surface area (Å²) in [7, 11) is 0. The zero-order valence-corrected chi connectivity index (χ0v) is 16.7. The molecule has 3 aromatic carbocycles. The molecule has 0 aromatic heterocycles. The summed E-state index contributed by atoms with van der Waals surface area (Å²) in [6.07, 6.45) is 0. The number of hydrogen-bond acceptors (Lipinski definition) is 5. The predicted octanol–water partition coefficient (Wildman–Crippen LogP) is 6.25. The molecule has 0 aliphatic carbocycles. The fourth-order valence-corrected chi connectivity index (χ4v) is 6.26. The van der Waals surface area contributed by atoms with Gasteiger partial charge >= 0.3 is 0 Å². The van der Waals surface area contributed by atoms with Crippen LogP contribution in [0.15, 0.2) is 42.5 Å². The Morgan fingerprint density at radius 1 is 1.00 bits per heavy atom. The third-order valence-corrected chi connectivity index (χ3v) is 7.91. The Kier molecular flexibility index (Phi) is 4.78. The number of thioether (sulfide) groups is 2. The van der Waals surface area contributed by atoms with Gasteiger partial charge in [0.05, 0.1) is 9.51 Å². The lowest BCUT2D eigenvalue weighted by Gasteiger charge is -2.17. The van der Waals surface area contributed by atoms with Gasteiger partial charge in [0.2, 0.25) is 0 Å². The Labute approximate surface area is 166 Å². The summed E-state index contributed by atoms with van der Waals surface area (Å²) in [6, 6.07) is 12.8. The average molecular weight is 398 g/mol. The number of rotatable bonds is 2. The first-order valence-corrected chi connectivity index (χ1v) is 10.8. The molecule has 1 aliphatic heterocycles. The number of nitro benzene ring substituents is 1. The Hall–Kier alpha value is -2.18. The fraction of sp³-hybridized carbons (Fsp3) is 0.238. The van der Waals surface area contributed by atoms with Gasteiger partial charge in [0.1, 0.15) is 5.75 Å². The van der Waals surface area contributed by atoms with Gasteiger partial charge in [-0.15, -0.1) is 23.5 Å². The Morgan fingerprint density at radius 3 is 2.22 bits per heavy atom. The lowest BCUT2D eigenvalue weighted by molar-refractivity contribution is -0.384. The molecule has 0 saturated carbocycles.